The number of aryl methyl sites for hydroxylation is 1. The Morgan fingerprint density at radius 1 is 1.19 bits per heavy atom. The number of carboxylic acids is 1. The third kappa shape index (κ3) is 2.83. The number of primary amides is 1. The van der Waals surface area contributed by atoms with Crippen LogP contribution in [0, 0.1) is 6.92 Å². The Morgan fingerprint density at radius 2 is 1.86 bits per heavy atom. The van der Waals surface area contributed by atoms with Crippen LogP contribution in [-0.2, 0) is 0 Å². The van der Waals surface area contributed by atoms with E-state index in [9.17, 15) is 14.7 Å². The number of amides is 1. The van der Waals surface area contributed by atoms with Crippen LogP contribution in [0.5, 0.6) is 5.75 Å². The topological polar surface area (TPSA) is 101 Å². The minimum Gasteiger partial charge on any atom is -0.505 e. The fraction of sp³-hybridized carbons (Fsp3) is 0.0667. The molecule has 0 fully saturated rings. The number of aromatic carboxylic acids is 1. The first-order valence-corrected chi connectivity index (χ1v) is 6.35. The maximum atomic E-state index is 11.3. The van der Waals surface area contributed by atoms with Crippen molar-refractivity contribution < 1.29 is 19.8 Å². The summed E-state index contributed by atoms with van der Waals surface area (Å²) < 4.78 is 0. The van der Waals surface area contributed by atoms with Gasteiger partial charge >= 0.3 is 5.97 Å². The molecule has 0 aliphatic heterocycles. The Hall–Kier alpha value is -2.53. The Morgan fingerprint density at radius 3 is 2.43 bits per heavy atom. The molecule has 0 bridgehead atoms. The first kappa shape index (κ1) is 14.9. The quantitative estimate of drug-likeness (QED) is 0.811. The molecule has 0 atom stereocenters. The number of rotatable bonds is 3. The predicted molar refractivity (Wildman–Crippen MR) is 78.8 cm³/mol. The Balaban J connectivity index is 2.70. The number of carbonyl (C=O) groups is 2. The molecule has 0 aromatic heterocycles. The summed E-state index contributed by atoms with van der Waals surface area (Å²) in [5.74, 6) is -2.36. The Bertz CT molecular complexity index is 756. The molecule has 0 saturated carbocycles. The Labute approximate surface area is 125 Å². The standard InChI is InChI=1S/C15H12ClNO4/c1-7-2-3-8(14(17)19)4-10(7)9-5-11(15(20)21)13(18)12(16)6-9/h2-6,18H,1H3,(H2,17,19)(H,20,21). The van der Waals surface area contributed by atoms with E-state index in [2.05, 4.69) is 0 Å². The fourth-order valence-electron chi connectivity index (χ4n) is 2.00. The molecular formula is C15H12ClNO4. The number of hydrogen-bond acceptors (Lipinski definition) is 3. The highest BCUT2D eigenvalue weighted by Crippen LogP contribution is 2.35. The van der Waals surface area contributed by atoms with Crippen LogP contribution in [0.2, 0.25) is 5.02 Å². The van der Waals surface area contributed by atoms with E-state index in [1.54, 1.807) is 25.1 Å². The molecule has 6 heteroatoms. The zero-order valence-corrected chi connectivity index (χ0v) is 11.8. The SMILES string of the molecule is Cc1ccc(C(N)=O)cc1-c1cc(Cl)c(O)c(C(=O)O)c1. The van der Waals surface area contributed by atoms with Gasteiger partial charge in [0.2, 0.25) is 5.91 Å². The summed E-state index contributed by atoms with van der Waals surface area (Å²) in [6, 6.07) is 7.59. The van der Waals surface area contributed by atoms with Crippen LogP contribution in [0.4, 0.5) is 0 Å². The molecule has 0 aliphatic carbocycles. The molecule has 0 radical (unpaired) electrons. The molecule has 5 nitrogen and oxygen atoms in total. The highest BCUT2D eigenvalue weighted by Gasteiger charge is 2.16. The monoisotopic (exact) mass is 305 g/mol. The van der Waals surface area contributed by atoms with Gasteiger partial charge in [-0.25, -0.2) is 4.79 Å². The lowest BCUT2D eigenvalue weighted by Gasteiger charge is -2.11. The first-order chi connectivity index (χ1) is 9.81. The van der Waals surface area contributed by atoms with Gasteiger partial charge in [-0.05, 0) is 47.9 Å². The maximum Gasteiger partial charge on any atom is 0.339 e. The molecule has 21 heavy (non-hydrogen) atoms. The zero-order valence-electron chi connectivity index (χ0n) is 11.1. The average Bonchev–Trinajstić information content (AvgIpc) is 2.41. The number of hydrogen-bond donors (Lipinski definition) is 3. The van der Waals surface area contributed by atoms with Gasteiger partial charge in [0, 0.05) is 5.56 Å². The van der Waals surface area contributed by atoms with Gasteiger partial charge in [-0.15, -0.1) is 0 Å². The van der Waals surface area contributed by atoms with E-state index in [0.717, 1.165) is 5.56 Å². The molecule has 1 amide bonds. The van der Waals surface area contributed by atoms with E-state index in [-0.39, 0.29) is 10.6 Å². The molecule has 0 saturated heterocycles. The van der Waals surface area contributed by atoms with Crippen molar-refractivity contribution in [2.75, 3.05) is 0 Å². The summed E-state index contributed by atoms with van der Waals surface area (Å²) in [7, 11) is 0. The average molecular weight is 306 g/mol. The second kappa shape index (κ2) is 5.46. The molecule has 0 aliphatic rings. The molecule has 2 rings (SSSR count). The second-order valence-corrected chi connectivity index (χ2v) is 4.96. The summed E-state index contributed by atoms with van der Waals surface area (Å²) >= 11 is 5.86. The summed E-state index contributed by atoms with van der Waals surface area (Å²) in [5.41, 5.74) is 7.16. The van der Waals surface area contributed by atoms with Gasteiger partial charge in [0.1, 0.15) is 11.3 Å². The van der Waals surface area contributed by atoms with Crippen molar-refractivity contribution in [1.82, 2.24) is 0 Å². The van der Waals surface area contributed by atoms with Crippen molar-refractivity contribution in [3.8, 4) is 16.9 Å². The number of halogens is 1. The van der Waals surface area contributed by atoms with Gasteiger partial charge in [0.15, 0.2) is 0 Å². The first-order valence-electron chi connectivity index (χ1n) is 5.98. The van der Waals surface area contributed by atoms with E-state index in [0.29, 0.717) is 16.7 Å². The van der Waals surface area contributed by atoms with E-state index in [1.165, 1.54) is 12.1 Å². The second-order valence-electron chi connectivity index (χ2n) is 4.55. The molecule has 0 spiro atoms. The van der Waals surface area contributed by atoms with Crippen molar-refractivity contribution in [3.05, 3.63) is 52.0 Å². The van der Waals surface area contributed by atoms with E-state index < -0.39 is 17.6 Å². The smallest absolute Gasteiger partial charge is 0.339 e. The summed E-state index contributed by atoms with van der Waals surface area (Å²) in [5, 5.41) is 18.7. The van der Waals surface area contributed by atoms with E-state index >= 15 is 0 Å². The minimum absolute atomic E-state index is 0.0752. The number of benzene rings is 2. The molecule has 4 N–H and O–H groups in total. The molecule has 2 aromatic carbocycles. The van der Waals surface area contributed by atoms with Crippen molar-refractivity contribution in [2.24, 2.45) is 5.73 Å². The predicted octanol–water partition coefficient (Wildman–Crippen LogP) is 2.82. The normalized spacial score (nSPS) is 10.4. The van der Waals surface area contributed by atoms with Crippen LogP contribution in [0.25, 0.3) is 11.1 Å². The van der Waals surface area contributed by atoms with Crippen molar-refractivity contribution in [2.45, 2.75) is 6.92 Å². The van der Waals surface area contributed by atoms with Crippen LogP contribution in [-0.4, -0.2) is 22.1 Å². The lowest BCUT2D eigenvalue weighted by atomic mass is 9.96. The van der Waals surface area contributed by atoms with Gasteiger partial charge < -0.3 is 15.9 Å². The fourth-order valence-corrected chi connectivity index (χ4v) is 2.22. The molecular weight excluding hydrogens is 294 g/mol. The largest absolute Gasteiger partial charge is 0.505 e. The van der Waals surface area contributed by atoms with Gasteiger partial charge in [-0.3, -0.25) is 4.79 Å². The van der Waals surface area contributed by atoms with Crippen LogP contribution in [0.3, 0.4) is 0 Å². The summed E-state index contributed by atoms with van der Waals surface area (Å²) in [4.78, 5) is 22.4. The summed E-state index contributed by atoms with van der Waals surface area (Å²) in [6.45, 7) is 1.81. The zero-order chi connectivity index (χ0) is 15.7. The van der Waals surface area contributed by atoms with Crippen molar-refractivity contribution in [1.29, 1.82) is 0 Å². The van der Waals surface area contributed by atoms with E-state index in [1.807, 2.05) is 0 Å². The number of phenols is 1. The van der Waals surface area contributed by atoms with E-state index in [4.69, 9.17) is 22.4 Å². The number of carbonyl (C=O) groups excluding carboxylic acids is 1. The van der Waals surface area contributed by atoms with Crippen LogP contribution < -0.4 is 5.73 Å². The minimum atomic E-state index is -1.29. The van der Waals surface area contributed by atoms with Crippen LogP contribution in [0.15, 0.2) is 30.3 Å². The third-order valence-corrected chi connectivity index (χ3v) is 3.42. The third-order valence-electron chi connectivity index (χ3n) is 3.13. The number of carboxylic acid groups (broad SMARTS) is 1. The van der Waals surface area contributed by atoms with Gasteiger partial charge in [0.05, 0.1) is 5.02 Å². The number of nitrogens with two attached hydrogens (primary N) is 1. The maximum absolute atomic E-state index is 11.3. The van der Waals surface area contributed by atoms with Crippen LogP contribution >= 0.6 is 11.6 Å². The van der Waals surface area contributed by atoms with Crippen LogP contribution in [0.1, 0.15) is 26.3 Å². The molecule has 108 valence electrons. The highest BCUT2D eigenvalue weighted by atomic mass is 35.5. The van der Waals surface area contributed by atoms with Gasteiger partial charge in [-0.1, -0.05) is 17.7 Å². The lowest BCUT2D eigenvalue weighted by Crippen LogP contribution is -2.11. The highest BCUT2D eigenvalue weighted by molar-refractivity contribution is 6.33. The van der Waals surface area contributed by atoms with Crippen molar-refractivity contribution >= 4 is 23.5 Å². The molecule has 0 unspecified atom stereocenters. The number of aromatic hydroxyl groups is 1. The Kier molecular flexibility index (Phi) is 3.86. The lowest BCUT2D eigenvalue weighted by molar-refractivity contribution is 0.0693. The van der Waals surface area contributed by atoms with Crippen molar-refractivity contribution in [3.63, 3.8) is 0 Å². The molecule has 0 heterocycles. The summed E-state index contributed by atoms with van der Waals surface area (Å²) in [6.07, 6.45) is 0. The van der Waals surface area contributed by atoms with Gasteiger partial charge in [0.25, 0.3) is 0 Å². The molecule has 2 aromatic rings. The van der Waals surface area contributed by atoms with Gasteiger partial charge in [-0.2, -0.15) is 0 Å².